The van der Waals surface area contributed by atoms with Crippen LogP contribution in [-0.2, 0) is 4.79 Å². The second-order valence-electron chi connectivity index (χ2n) is 5.02. The third-order valence-corrected chi connectivity index (χ3v) is 3.14. The van der Waals surface area contributed by atoms with E-state index in [1.54, 1.807) is 0 Å². The molecule has 1 aliphatic rings. The Morgan fingerprint density at radius 1 is 1.67 bits per heavy atom. The highest BCUT2D eigenvalue weighted by atomic mass is 16.3. The molecule has 2 atom stereocenters. The lowest BCUT2D eigenvalue weighted by Gasteiger charge is -2.20. The van der Waals surface area contributed by atoms with E-state index < -0.39 is 12.2 Å². The molecule has 18 heavy (non-hydrogen) atoms. The van der Waals surface area contributed by atoms with Crippen LogP contribution in [0.15, 0.2) is 23.8 Å². The third kappa shape index (κ3) is 4.14. The van der Waals surface area contributed by atoms with Crippen LogP contribution in [0.2, 0.25) is 0 Å². The van der Waals surface area contributed by atoms with E-state index in [-0.39, 0.29) is 11.7 Å². The van der Waals surface area contributed by atoms with E-state index in [1.165, 1.54) is 6.92 Å². The fraction of sp³-hybridized carbons (Fsp3) is 0.533. The molecular weight excluding hydrogens is 228 g/mol. The highest BCUT2D eigenvalue weighted by Crippen LogP contribution is 2.27. The standard InChI is InChI=1S/C15H20O3/c1-11(5-4-8-15(3,18)10-16)13-7-6-12(2)14(17)9-13/h6,13,16,18H,1,5,7,9-10H2,2-3H3/t13-,15?/m0/s1. The van der Waals surface area contributed by atoms with Crippen LogP contribution in [0.25, 0.3) is 0 Å². The van der Waals surface area contributed by atoms with Gasteiger partial charge in [-0.25, -0.2) is 0 Å². The molecule has 0 bridgehead atoms. The monoisotopic (exact) mass is 248 g/mol. The van der Waals surface area contributed by atoms with E-state index in [0.717, 1.165) is 17.6 Å². The molecule has 3 nitrogen and oxygen atoms in total. The van der Waals surface area contributed by atoms with Gasteiger partial charge in [0.2, 0.25) is 0 Å². The van der Waals surface area contributed by atoms with Crippen molar-refractivity contribution in [2.45, 2.75) is 38.7 Å². The molecule has 0 aromatic heterocycles. The van der Waals surface area contributed by atoms with Gasteiger partial charge in [0.25, 0.3) is 0 Å². The number of aliphatic hydroxyl groups excluding tert-OH is 1. The molecule has 0 saturated heterocycles. The quantitative estimate of drug-likeness (QED) is 0.589. The van der Waals surface area contributed by atoms with Crippen LogP contribution >= 0.6 is 0 Å². The Morgan fingerprint density at radius 3 is 2.89 bits per heavy atom. The Hall–Kier alpha value is -1.37. The largest absolute Gasteiger partial charge is 0.392 e. The number of carbonyl (C=O) groups is 1. The van der Waals surface area contributed by atoms with Crippen LogP contribution in [0.5, 0.6) is 0 Å². The van der Waals surface area contributed by atoms with Gasteiger partial charge in [0.15, 0.2) is 5.78 Å². The molecular formula is C15H20O3. The molecule has 1 aliphatic carbocycles. The Bertz CT molecular complexity index is 432. The Kier molecular flexibility index (Phi) is 4.89. The number of hydrogen-bond acceptors (Lipinski definition) is 3. The van der Waals surface area contributed by atoms with Gasteiger partial charge in [-0.05, 0) is 31.8 Å². The molecule has 0 aliphatic heterocycles. The normalized spacial score (nSPS) is 22.6. The second kappa shape index (κ2) is 5.99. The van der Waals surface area contributed by atoms with Crippen LogP contribution in [0.1, 0.15) is 33.1 Å². The van der Waals surface area contributed by atoms with E-state index in [4.69, 9.17) is 5.11 Å². The van der Waals surface area contributed by atoms with Crippen molar-refractivity contribution in [3.8, 4) is 11.8 Å². The maximum Gasteiger partial charge on any atom is 0.158 e. The van der Waals surface area contributed by atoms with Gasteiger partial charge >= 0.3 is 0 Å². The molecule has 0 saturated carbocycles. The molecule has 0 heterocycles. The molecule has 0 aromatic rings. The van der Waals surface area contributed by atoms with Crippen molar-refractivity contribution in [3.05, 3.63) is 23.8 Å². The number of allylic oxidation sites excluding steroid dienone is 3. The molecule has 0 spiro atoms. The van der Waals surface area contributed by atoms with Crippen molar-refractivity contribution in [2.75, 3.05) is 6.61 Å². The minimum Gasteiger partial charge on any atom is -0.392 e. The van der Waals surface area contributed by atoms with Gasteiger partial charge in [0, 0.05) is 12.8 Å². The van der Waals surface area contributed by atoms with Gasteiger partial charge in [-0.15, -0.1) is 0 Å². The Balaban J connectivity index is 2.55. The first-order valence-electron chi connectivity index (χ1n) is 6.06. The summed E-state index contributed by atoms with van der Waals surface area (Å²) in [5.41, 5.74) is 0.376. The summed E-state index contributed by atoms with van der Waals surface area (Å²) in [6.45, 7) is 6.85. The molecule has 0 fully saturated rings. The summed E-state index contributed by atoms with van der Waals surface area (Å²) in [6.07, 6.45) is 3.72. The lowest BCUT2D eigenvalue weighted by atomic mass is 9.83. The van der Waals surface area contributed by atoms with Crippen LogP contribution in [0, 0.1) is 17.8 Å². The average molecular weight is 248 g/mol. The minimum atomic E-state index is -1.36. The zero-order valence-electron chi connectivity index (χ0n) is 11.0. The van der Waals surface area contributed by atoms with E-state index in [9.17, 15) is 9.90 Å². The van der Waals surface area contributed by atoms with Crippen molar-refractivity contribution >= 4 is 5.78 Å². The van der Waals surface area contributed by atoms with Gasteiger partial charge in [-0.3, -0.25) is 4.79 Å². The van der Waals surface area contributed by atoms with E-state index in [1.807, 2.05) is 13.0 Å². The number of hydrogen-bond donors (Lipinski definition) is 2. The number of ketones is 1. The van der Waals surface area contributed by atoms with E-state index >= 15 is 0 Å². The second-order valence-corrected chi connectivity index (χ2v) is 5.02. The van der Waals surface area contributed by atoms with Crippen molar-refractivity contribution in [1.29, 1.82) is 0 Å². The fourth-order valence-corrected chi connectivity index (χ4v) is 1.74. The number of carbonyl (C=O) groups excluding carboxylic acids is 1. The van der Waals surface area contributed by atoms with Gasteiger partial charge in [0.1, 0.15) is 5.60 Å². The maximum atomic E-state index is 11.6. The lowest BCUT2D eigenvalue weighted by Crippen LogP contribution is -2.26. The molecule has 1 unspecified atom stereocenters. The molecule has 0 amide bonds. The first kappa shape index (κ1) is 14.7. The summed E-state index contributed by atoms with van der Waals surface area (Å²) in [6, 6.07) is 0. The van der Waals surface area contributed by atoms with Crippen molar-refractivity contribution < 1.29 is 15.0 Å². The summed E-state index contributed by atoms with van der Waals surface area (Å²) in [7, 11) is 0. The van der Waals surface area contributed by atoms with Crippen LogP contribution in [-0.4, -0.2) is 28.2 Å². The summed E-state index contributed by atoms with van der Waals surface area (Å²) >= 11 is 0. The predicted octanol–water partition coefficient (Wildman–Crippen LogP) is 1.60. The van der Waals surface area contributed by atoms with Crippen LogP contribution < -0.4 is 0 Å². The average Bonchev–Trinajstić information content (AvgIpc) is 2.32. The number of aliphatic hydroxyl groups is 2. The SMILES string of the molecule is C=C(CC#CC(C)(O)CO)[C@H]1CC=C(C)C(=O)C1. The summed E-state index contributed by atoms with van der Waals surface area (Å²) in [5, 5.41) is 18.4. The zero-order chi connectivity index (χ0) is 13.8. The minimum absolute atomic E-state index is 0.148. The molecule has 2 N–H and O–H groups in total. The Morgan fingerprint density at radius 2 is 2.33 bits per heavy atom. The molecule has 0 radical (unpaired) electrons. The highest BCUT2D eigenvalue weighted by Gasteiger charge is 2.21. The van der Waals surface area contributed by atoms with Crippen molar-refractivity contribution in [3.63, 3.8) is 0 Å². The van der Waals surface area contributed by atoms with Crippen molar-refractivity contribution in [1.82, 2.24) is 0 Å². The molecule has 3 heteroatoms. The van der Waals surface area contributed by atoms with Crippen molar-refractivity contribution in [2.24, 2.45) is 5.92 Å². The van der Waals surface area contributed by atoms with Crippen LogP contribution in [0.4, 0.5) is 0 Å². The van der Waals surface area contributed by atoms with Crippen LogP contribution in [0.3, 0.4) is 0 Å². The first-order chi connectivity index (χ1) is 8.35. The molecule has 1 rings (SSSR count). The smallest absolute Gasteiger partial charge is 0.158 e. The van der Waals surface area contributed by atoms with Gasteiger partial charge in [-0.2, -0.15) is 0 Å². The zero-order valence-corrected chi connectivity index (χ0v) is 11.0. The van der Waals surface area contributed by atoms with E-state index in [0.29, 0.717) is 12.8 Å². The number of Topliss-reactive ketones (excluding diaryl/α,β-unsaturated/α-hetero) is 1. The summed E-state index contributed by atoms with van der Waals surface area (Å²) in [5.74, 6) is 5.72. The first-order valence-corrected chi connectivity index (χ1v) is 6.06. The van der Waals surface area contributed by atoms with Gasteiger partial charge in [0.05, 0.1) is 6.61 Å². The van der Waals surface area contributed by atoms with Gasteiger partial charge < -0.3 is 10.2 Å². The summed E-state index contributed by atoms with van der Waals surface area (Å²) < 4.78 is 0. The van der Waals surface area contributed by atoms with E-state index in [2.05, 4.69) is 18.4 Å². The highest BCUT2D eigenvalue weighted by molar-refractivity contribution is 5.95. The third-order valence-electron chi connectivity index (χ3n) is 3.14. The number of rotatable bonds is 3. The van der Waals surface area contributed by atoms with Gasteiger partial charge in [-0.1, -0.05) is 30.1 Å². The maximum absolute atomic E-state index is 11.6. The topological polar surface area (TPSA) is 57.5 Å². The lowest BCUT2D eigenvalue weighted by molar-refractivity contribution is -0.116. The fourth-order valence-electron chi connectivity index (χ4n) is 1.74. The molecule has 0 aromatic carbocycles. The predicted molar refractivity (Wildman–Crippen MR) is 70.7 cm³/mol. The summed E-state index contributed by atoms with van der Waals surface area (Å²) in [4.78, 5) is 11.6. The Labute approximate surface area is 108 Å². The molecule has 98 valence electrons.